The molecule has 0 unspecified atom stereocenters. The second kappa shape index (κ2) is 9.57. The summed E-state index contributed by atoms with van der Waals surface area (Å²) in [7, 11) is 3.75. The Labute approximate surface area is 162 Å². The number of nitriles is 1. The second-order valence-electron chi connectivity index (χ2n) is 6.45. The number of H-pyrrole nitrogens is 1. The Morgan fingerprint density at radius 1 is 1.36 bits per heavy atom. The highest BCUT2D eigenvalue weighted by molar-refractivity contribution is 5.73. The van der Waals surface area contributed by atoms with Gasteiger partial charge in [-0.2, -0.15) is 23.5 Å². The third kappa shape index (κ3) is 5.24. The van der Waals surface area contributed by atoms with E-state index in [9.17, 15) is 18.4 Å². The van der Waals surface area contributed by atoms with Crippen LogP contribution in [0, 0.1) is 11.3 Å². The van der Waals surface area contributed by atoms with Gasteiger partial charge in [0.1, 0.15) is 11.8 Å². The van der Waals surface area contributed by atoms with Gasteiger partial charge in [0, 0.05) is 37.0 Å². The summed E-state index contributed by atoms with van der Waals surface area (Å²) in [4.78, 5) is 2.01. The molecule has 28 heavy (non-hydrogen) atoms. The lowest BCUT2D eigenvalue weighted by Crippen LogP contribution is -2.27. The standard InChI is InChI=1S/C19H24F3N5O/c1-4-7-28-14-8-15(16(10-23)17(9-14)19(20,21)22)18-13(11-25-26-18)12-27(3)6-5-24-2/h8-9,11,24H,4-7,12H2,1-3H3,(H,25,26). The molecular weight excluding hydrogens is 371 g/mol. The van der Waals surface area contributed by atoms with Crippen molar-refractivity contribution in [2.45, 2.75) is 26.1 Å². The van der Waals surface area contributed by atoms with Crippen LogP contribution in [0.1, 0.15) is 30.0 Å². The van der Waals surface area contributed by atoms with Crippen molar-refractivity contribution in [2.24, 2.45) is 0 Å². The van der Waals surface area contributed by atoms with Gasteiger partial charge in [-0.1, -0.05) is 6.92 Å². The number of hydrogen-bond donors (Lipinski definition) is 2. The zero-order valence-corrected chi connectivity index (χ0v) is 16.2. The Balaban J connectivity index is 2.53. The van der Waals surface area contributed by atoms with Crippen LogP contribution in [0.4, 0.5) is 13.2 Å². The van der Waals surface area contributed by atoms with E-state index < -0.39 is 17.3 Å². The fourth-order valence-corrected chi connectivity index (χ4v) is 2.79. The van der Waals surface area contributed by atoms with E-state index in [2.05, 4.69) is 15.5 Å². The van der Waals surface area contributed by atoms with Crippen molar-refractivity contribution < 1.29 is 17.9 Å². The van der Waals surface area contributed by atoms with Crippen LogP contribution < -0.4 is 10.1 Å². The minimum Gasteiger partial charge on any atom is -0.494 e. The third-order valence-electron chi connectivity index (χ3n) is 4.16. The average Bonchev–Trinajstić information content (AvgIpc) is 3.10. The van der Waals surface area contributed by atoms with Gasteiger partial charge in [-0.05, 0) is 32.6 Å². The highest BCUT2D eigenvalue weighted by atomic mass is 19.4. The van der Waals surface area contributed by atoms with Gasteiger partial charge < -0.3 is 15.0 Å². The van der Waals surface area contributed by atoms with Crippen molar-refractivity contribution in [2.75, 3.05) is 33.8 Å². The van der Waals surface area contributed by atoms with E-state index in [0.717, 1.165) is 19.2 Å². The molecule has 2 N–H and O–H groups in total. The third-order valence-corrected chi connectivity index (χ3v) is 4.16. The van der Waals surface area contributed by atoms with Crippen molar-refractivity contribution >= 4 is 0 Å². The zero-order valence-electron chi connectivity index (χ0n) is 16.2. The van der Waals surface area contributed by atoms with E-state index in [1.54, 1.807) is 12.3 Å². The Morgan fingerprint density at radius 2 is 2.11 bits per heavy atom. The summed E-state index contributed by atoms with van der Waals surface area (Å²) in [6.07, 6.45) is -2.38. The molecule has 0 aliphatic carbocycles. The van der Waals surface area contributed by atoms with Gasteiger partial charge in [-0.3, -0.25) is 5.10 Å². The topological polar surface area (TPSA) is 77.0 Å². The zero-order chi connectivity index (χ0) is 20.7. The molecule has 6 nitrogen and oxygen atoms in total. The average molecular weight is 395 g/mol. The number of nitrogens with one attached hydrogen (secondary N) is 2. The molecule has 0 saturated heterocycles. The van der Waals surface area contributed by atoms with Gasteiger partial charge in [0.05, 0.1) is 23.4 Å². The van der Waals surface area contributed by atoms with Gasteiger partial charge in [0.15, 0.2) is 0 Å². The highest BCUT2D eigenvalue weighted by Gasteiger charge is 2.36. The number of aromatic nitrogens is 2. The maximum Gasteiger partial charge on any atom is 0.417 e. The summed E-state index contributed by atoms with van der Waals surface area (Å²) in [5.41, 5.74) is -0.337. The number of rotatable bonds is 9. The number of halogens is 3. The number of likely N-dealkylation sites (N-methyl/N-ethyl adjacent to an activating group) is 2. The minimum atomic E-state index is -4.68. The fourth-order valence-electron chi connectivity index (χ4n) is 2.79. The Morgan fingerprint density at radius 3 is 2.71 bits per heavy atom. The molecule has 0 atom stereocenters. The predicted molar refractivity (Wildman–Crippen MR) is 99.8 cm³/mol. The molecule has 0 bridgehead atoms. The summed E-state index contributed by atoms with van der Waals surface area (Å²) < 4.78 is 46.1. The summed E-state index contributed by atoms with van der Waals surface area (Å²) in [6, 6.07) is 4.04. The van der Waals surface area contributed by atoms with Gasteiger partial charge in [0.25, 0.3) is 0 Å². The van der Waals surface area contributed by atoms with Crippen LogP contribution in [0.2, 0.25) is 0 Å². The molecule has 1 aromatic carbocycles. The molecule has 152 valence electrons. The highest BCUT2D eigenvalue weighted by Crippen LogP contribution is 2.39. The molecule has 0 aliphatic heterocycles. The van der Waals surface area contributed by atoms with E-state index in [-0.39, 0.29) is 17.9 Å². The molecule has 0 radical (unpaired) electrons. The van der Waals surface area contributed by atoms with E-state index in [0.29, 0.717) is 24.2 Å². The maximum absolute atomic E-state index is 13.6. The molecule has 1 aromatic heterocycles. The number of alkyl halides is 3. The van der Waals surface area contributed by atoms with Crippen LogP contribution in [0.3, 0.4) is 0 Å². The van der Waals surface area contributed by atoms with Gasteiger partial charge >= 0.3 is 6.18 Å². The van der Waals surface area contributed by atoms with Gasteiger partial charge in [-0.25, -0.2) is 0 Å². The molecule has 0 spiro atoms. The van der Waals surface area contributed by atoms with Crippen molar-refractivity contribution in [3.05, 3.63) is 35.0 Å². The molecule has 1 heterocycles. The van der Waals surface area contributed by atoms with Gasteiger partial charge in [-0.15, -0.1) is 0 Å². The number of aromatic amines is 1. The predicted octanol–water partition coefficient (Wildman–Crippen LogP) is 3.41. The summed E-state index contributed by atoms with van der Waals surface area (Å²) in [6.45, 7) is 4.13. The largest absolute Gasteiger partial charge is 0.494 e. The second-order valence-corrected chi connectivity index (χ2v) is 6.45. The molecule has 0 amide bonds. The Bertz CT molecular complexity index is 826. The fraction of sp³-hybridized carbons (Fsp3) is 0.474. The first-order chi connectivity index (χ1) is 13.3. The number of hydrogen-bond acceptors (Lipinski definition) is 5. The minimum absolute atomic E-state index is 0.0701. The van der Waals surface area contributed by atoms with Crippen LogP contribution in [0.25, 0.3) is 11.3 Å². The molecule has 2 rings (SSSR count). The van der Waals surface area contributed by atoms with Crippen LogP contribution in [0.15, 0.2) is 18.3 Å². The van der Waals surface area contributed by atoms with Crippen LogP contribution >= 0.6 is 0 Å². The van der Waals surface area contributed by atoms with E-state index >= 15 is 0 Å². The van der Waals surface area contributed by atoms with Crippen LogP contribution in [-0.2, 0) is 12.7 Å². The molecule has 2 aromatic rings. The van der Waals surface area contributed by atoms with Crippen LogP contribution in [0.5, 0.6) is 5.75 Å². The number of benzene rings is 1. The van der Waals surface area contributed by atoms with Crippen molar-refractivity contribution in [1.82, 2.24) is 20.4 Å². The summed E-state index contributed by atoms with van der Waals surface area (Å²) >= 11 is 0. The van der Waals surface area contributed by atoms with E-state index in [4.69, 9.17) is 4.74 Å². The first-order valence-electron chi connectivity index (χ1n) is 8.96. The quantitative estimate of drug-likeness (QED) is 0.681. The molecular formula is C19H24F3N5O. The summed E-state index contributed by atoms with van der Waals surface area (Å²) in [5, 5.41) is 19.4. The van der Waals surface area contributed by atoms with Crippen molar-refractivity contribution in [3.8, 4) is 23.1 Å². The number of nitrogens with zero attached hydrogens (tertiary/aromatic N) is 3. The monoisotopic (exact) mass is 395 g/mol. The molecule has 0 fully saturated rings. The molecule has 0 aliphatic rings. The SMILES string of the molecule is CCCOc1cc(-c2n[nH]cc2CN(C)CCNC)c(C#N)c(C(F)(F)F)c1. The summed E-state index contributed by atoms with van der Waals surface area (Å²) in [5.74, 6) is 0.0701. The first kappa shape index (κ1) is 21.7. The van der Waals surface area contributed by atoms with Crippen molar-refractivity contribution in [3.63, 3.8) is 0 Å². The molecule has 0 saturated carbocycles. The molecule has 9 heteroatoms. The normalized spacial score (nSPS) is 11.6. The van der Waals surface area contributed by atoms with Crippen molar-refractivity contribution in [1.29, 1.82) is 5.26 Å². The Hall–Kier alpha value is -2.57. The first-order valence-corrected chi connectivity index (χ1v) is 8.96. The maximum atomic E-state index is 13.6. The van der Waals surface area contributed by atoms with E-state index in [1.807, 2.05) is 25.9 Å². The Kier molecular flexibility index (Phi) is 7.43. The van der Waals surface area contributed by atoms with E-state index in [1.165, 1.54) is 6.07 Å². The van der Waals surface area contributed by atoms with Gasteiger partial charge in [0.2, 0.25) is 0 Å². The van der Waals surface area contributed by atoms with Crippen LogP contribution in [-0.4, -0.2) is 48.9 Å². The lowest BCUT2D eigenvalue weighted by atomic mass is 9.96. The lowest BCUT2D eigenvalue weighted by Gasteiger charge is -2.18. The lowest BCUT2D eigenvalue weighted by molar-refractivity contribution is -0.137. The number of ether oxygens (including phenoxy) is 1. The smallest absolute Gasteiger partial charge is 0.417 e.